The Bertz CT molecular complexity index is 495. The average Bonchev–Trinajstić information content (AvgIpc) is 3.05. The number of piperazine rings is 1. The Labute approximate surface area is 146 Å². The zero-order chi connectivity index (χ0) is 16.9. The zero-order valence-corrected chi connectivity index (χ0v) is 15.4. The maximum absolute atomic E-state index is 9.51. The number of aromatic amines is 1. The number of rotatable bonds is 6. The summed E-state index contributed by atoms with van der Waals surface area (Å²) in [4.78, 5) is 5.23. The largest absolute Gasteiger partial charge is 0.396 e. The molecule has 2 heterocycles. The second-order valence-electron chi connectivity index (χ2n) is 7.90. The first-order valence-electron chi connectivity index (χ1n) is 9.80. The first kappa shape index (κ1) is 17.9. The normalized spacial score (nSPS) is 24.8. The van der Waals surface area contributed by atoms with Crippen molar-refractivity contribution in [1.29, 1.82) is 0 Å². The van der Waals surface area contributed by atoms with Gasteiger partial charge in [-0.15, -0.1) is 0 Å². The van der Waals surface area contributed by atoms with Crippen LogP contribution in [0.15, 0.2) is 6.07 Å². The molecule has 1 saturated carbocycles. The van der Waals surface area contributed by atoms with Crippen molar-refractivity contribution in [2.75, 3.05) is 26.2 Å². The Kier molecular flexibility index (Phi) is 6.31. The molecule has 3 rings (SSSR count). The number of aliphatic hydroxyl groups is 1. The predicted octanol–water partition coefficient (Wildman–Crippen LogP) is 2.73. The van der Waals surface area contributed by atoms with Gasteiger partial charge in [-0.1, -0.05) is 33.1 Å². The van der Waals surface area contributed by atoms with E-state index in [1.54, 1.807) is 0 Å². The molecule has 1 atom stereocenters. The second kappa shape index (κ2) is 8.45. The summed E-state index contributed by atoms with van der Waals surface area (Å²) >= 11 is 0. The number of nitrogens with zero attached hydrogens (tertiary/aromatic N) is 3. The van der Waals surface area contributed by atoms with E-state index in [1.807, 2.05) is 0 Å². The molecule has 1 aromatic heterocycles. The van der Waals surface area contributed by atoms with Gasteiger partial charge in [0.05, 0.1) is 5.69 Å². The number of hydrogen-bond acceptors (Lipinski definition) is 4. The van der Waals surface area contributed by atoms with E-state index in [1.165, 1.54) is 37.8 Å². The summed E-state index contributed by atoms with van der Waals surface area (Å²) < 4.78 is 0. The zero-order valence-electron chi connectivity index (χ0n) is 15.4. The second-order valence-corrected chi connectivity index (χ2v) is 7.90. The summed E-state index contributed by atoms with van der Waals surface area (Å²) in [5.41, 5.74) is 2.37. The molecule has 1 aliphatic carbocycles. The summed E-state index contributed by atoms with van der Waals surface area (Å²) in [7, 11) is 0. The molecular weight excluding hydrogens is 300 g/mol. The highest BCUT2D eigenvalue weighted by molar-refractivity contribution is 5.12. The van der Waals surface area contributed by atoms with Crippen LogP contribution < -0.4 is 0 Å². The van der Waals surface area contributed by atoms with E-state index >= 15 is 0 Å². The van der Waals surface area contributed by atoms with Crippen LogP contribution in [0.1, 0.15) is 69.7 Å². The molecule has 2 N–H and O–H groups in total. The van der Waals surface area contributed by atoms with E-state index in [2.05, 4.69) is 39.9 Å². The number of hydrogen-bond donors (Lipinski definition) is 2. The minimum Gasteiger partial charge on any atom is -0.396 e. The molecule has 0 spiro atoms. The number of aromatic nitrogens is 2. The van der Waals surface area contributed by atoms with E-state index in [0.29, 0.717) is 18.6 Å². The van der Waals surface area contributed by atoms with Crippen molar-refractivity contribution in [1.82, 2.24) is 20.0 Å². The maximum atomic E-state index is 9.51. The van der Waals surface area contributed by atoms with Gasteiger partial charge in [0.15, 0.2) is 0 Å². The fourth-order valence-corrected chi connectivity index (χ4v) is 4.37. The van der Waals surface area contributed by atoms with Gasteiger partial charge >= 0.3 is 0 Å². The molecular formula is C19H34N4O. The van der Waals surface area contributed by atoms with Crippen LogP contribution in [0.3, 0.4) is 0 Å². The van der Waals surface area contributed by atoms with Gasteiger partial charge in [-0.2, -0.15) is 5.10 Å². The van der Waals surface area contributed by atoms with Crippen LogP contribution in [0.2, 0.25) is 0 Å². The standard InChI is InChI=1S/C19H34N4O/c1-15(2)19-12-16(20-21-19)13-22-9-10-23(18(14-22)8-11-24)17-6-4-3-5-7-17/h12,15,17-18,24H,3-11,13-14H2,1-2H3,(H,20,21)/t18-/m0/s1. The van der Waals surface area contributed by atoms with Crippen LogP contribution in [-0.2, 0) is 6.54 Å². The van der Waals surface area contributed by atoms with Gasteiger partial charge in [0.1, 0.15) is 0 Å². The van der Waals surface area contributed by atoms with Crippen LogP contribution in [-0.4, -0.2) is 63.4 Å². The van der Waals surface area contributed by atoms with Crippen LogP contribution in [0.4, 0.5) is 0 Å². The molecule has 1 saturated heterocycles. The van der Waals surface area contributed by atoms with Gasteiger partial charge in [0.2, 0.25) is 0 Å². The number of aliphatic hydroxyl groups excluding tert-OH is 1. The third-order valence-electron chi connectivity index (χ3n) is 5.75. The van der Waals surface area contributed by atoms with Crippen molar-refractivity contribution in [3.8, 4) is 0 Å². The molecule has 0 amide bonds. The Balaban J connectivity index is 1.59. The van der Waals surface area contributed by atoms with Gasteiger partial charge in [0.25, 0.3) is 0 Å². The van der Waals surface area contributed by atoms with Gasteiger partial charge in [-0.25, -0.2) is 0 Å². The fraction of sp³-hybridized carbons (Fsp3) is 0.842. The summed E-state index contributed by atoms with van der Waals surface area (Å²) in [6.45, 7) is 8.92. The molecule has 1 aliphatic heterocycles. The van der Waals surface area contributed by atoms with E-state index < -0.39 is 0 Å². The van der Waals surface area contributed by atoms with E-state index in [0.717, 1.165) is 44.3 Å². The Hall–Kier alpha value is -0.910. The summed E-state index contributed by atoms with van der Waals surface area (Å²) in [6.07, 6.45) is 7.75. The molecule has 0 aromatic carbocycles. The van der Waals surface area contributed by atoms with E-state index in [4.69, 9.17) is 0 Å². The average molecular weight is 335 g/mol. The number of H-pyrrole nitrogens is 1. The molecule has 0 radical (unpaired) electrons. The van der Waals surface area contributed by atoms with E-state index in [-0.39, 0.29) is 0 Å². The molecule has 24 heavy (non-hydrogen) atoms. The summed E-state index contributed by atoms with van der Waals surface area (Å²) in [5.74, 6) is 0.472. The molecule has 5 nitrogen and oxygen atoms in total. The number of nitrogens with one attached hydrogen (secondary N) is 1. The van der Waals surface area contributed by atoms with Crippen molar-refractivity contribution >= 4 is 0 Å². The van der Waals surface area contributed by atoms with Crippen LogP contribution in [0.5, 0.6) is 0 Å². The lowest BCUT2D eigenvalue weighted by atomic mass is 9.92. The van der Waals surface area contributed by atoms with Crippen LogP contribution in [0.25, 0.3) is 0 Å². The van der Waals surface area contributed by atoms with Crippen molar-refractivity contribution < 1.29 is 5.11 Å². The van der Waals surface area contributed by atoms with Crippen molar-refractivity contribution in [2.45, 2.75) is 76.9 Å². The van der Waals surface area contributed by atoms with Crippen molar-refractivity contribution in [3.63, 3.8) is 0 Å². The Morgan fingerprint density at radius 3 is 2.71 bits per heavy atom. The third-order valence-corrected chi connectivity index (χ3v) is 5.75. The maximum Gasteiger partial charge on any atom is 0.0650 e. The van der Waals surface area contributed by atoms with Crippen molar-refractivity contribution in [2.24, 2.45) is 0 Å². The molecule has 2 aliphatic rings. The highest BCUT2D eigenvalue weighted by Gasteiger charge is 2.32. The Morgan fingerprint density at radius 1 is 1.25 bits per heavy atom. The minimum absolute atomic E-state index is 0.295. The highest BCUT2D eigenvalue weighted by Crippen LogP contribution is 2.27. The Morgan fingerprint density at radius 2 is 2.04 bits per heavy atom. The van der Waals surface area contributed by atoms with E-state index in [9.17, 15) is 5.11 Å². The fourth-order valence-electron chi connectivity index (χ4n) is 4.37. The SMILES string of the molecule is CC(C)c1cc(CN2CCN(C3CCCCC3)[C@@H](CCO)C2)[nH]n1. The molecule has 1 aromatic rings. The van der Waals surface area contributed by atoms with Gasteiger partial charge in [0, 0.05) is 50.6 Å². The third kappa shape index (κ3) is 4.38. The van der Waals surface area contributed by atoms with Crippen LogP contribution in [0, 0.1) is 0 Å². The molecule has 0 bridgehead atoms. The van der Waals surface area contributed by atoms with Crippen LogP contribution >= 0.6 is 0 Å². The van der Waals surface area contributed by atoms with Gasteiger partial charge in [-0.05, 0) is 31.2 Å². The lowest BCUT2D eigenvalue weighted by Gasteiger charge is -2.46. The van der Waals surface area contributed by atoms with Crippen molar-refractivity contribution in [3.05, 3.63) is 17.5 Å². The quantitative estimate of drug-likeness (QED) is 0.840. The van der Waals surface area contributed by atoms with Gasteiger partial charge < -0.3 is 5.11 Å². The first-order valence-corrected chi connectivity index (χ1v) is 9.80. The molecule has 5 heteroatoms. The monoisotopic (exact) mass is 334 g/mol. The topological polar surface area (TPSA) is 55.4 Å². The molecule has 136 valence electrons. The molecule has 2 fully saturated rings. The highest BCUT2D eigenvalue weighted by atomic mass is 16.3. The predicted molar refractivity (Wildman–Crippen MR) is 97.0 cm³/mol. The molecule has 0 unspecified atom stereocenters. The summed E-state index contributed by atoms with van der Waals surface area (Å²) in [6, 6.07) is 3.45. The lowest BCUT2D eigenvalue weighted by molar-refractivity contribution is 0.0133. The summed E-state index contributed by atoms with van der Waals surface area (Å²) in [5, 5.41) is 17.1. The lowest BCUT2D eigenvalue weighted by Crippen LogP contribution is -2.56. The first-order chi connectivity index (χ1) is 11.7. The minimum atomic E-state index is 0.295. The smallest absolute Gasteiger partial charge is 0.0650 e. The van der Waals surface area contributed by atoms with Gasteiger partial charge in [-0.3, -0.25) is 14.9 Å².